The quantitative estimate of drug-likeness (QED) is 0.693. The Kier molecular flexibility index (Phi) is 3.93. The average Bonchev–Trinajstić information content (AvgIpc) is 2.07. The van der Waals surface area contributed by atoms with Gasteiger partial charge in [0.05, 0.1) is 0 Å². The van der Waals surface area contributed by atoms with Crippen molar-refractivity contribution in [2.75, 3.05) is 19.7 Å². The van der Waals surface area contributed by atoms with Gasteiger partial charge in [-0.3, -0.25) is 4.90 Å². The zero-order valence-corrected chi connectivity index (χ0v) is 9.88. The molecule has 1 heterocycles. The van der Waals surface area contributed by atoms with Crippen molar-refractivity contribution >= 4 is 0 Å². The van der Waals surface area contributed by atoms with Gasteiger partial charge in [0, 0.05) is 37.3 Å². The number of piperazine rings is 1. The number of rotatable bonds is 2. The molecule has 0 aromatic rings. The summed E-state index contributed by atoms with van der Waals surface area (Å²) in [5.41, 5.74) is 0.231. The molecular formula is C11H24N2O. The van der Waals surface area contributed by atoms with Gasteiger partial charge in [-0.15, -0.1) is 0 Å². The standard InChI is InChI=1S/C11H24N2O/c1-9-7-12-10(5-6-14)8-13(9)11(2,3)4/h9-10,12,14H,5-8H2,1-4H3. The Morgan fingerprint density at radius 2 is 2.07 bits per heavy atom. The second kappa shape index (κ2) is 4.60. The SMILES string of the molecule is CC1CNC(CCO)CN1C(C)(C)C. The van der Waals surface area contributed by atoms with E-state index in [4.69, 9.17) is 5.11 Å². The Balaban J connectivity index is 2.55. The molecule has 0 aromatic heterocycles. The fraction of sp³-hybridized carbons (Fsp3) is 1.00. The lowest BCUT2D eigenvalue weighted by Crippen LogP contribution is -2.61. The second-order valence-electron chi connectivity index (χ2n) is 5.29. The smallest absolute Gasteiger partial charge is 0.0446 e. The normalized spacial score (nSPS) is 30.6. The molecule has 2 unspecified atom stereocenters. The van der Waals surface area contributed by atoms with Crippen LogP contribution in [-0.2, 0) is 0 Å². The van der Waals surface area contributed by atoms with Crippen molar-refractivity contribution in [1.29, 1.82) is 0 Å². The molecule has 0 amide bonds. The predicted octanol–water partition coefficient (Wildman–Crippen LogP) is 0.830. The summed E-state index contributed by atoms with van der Waals surface area (Å²) in [4.78, 5) is 2.52. The van der Waals surface area contributed by atoms with Crippen LogP contribution in [0.4, 0.5) is 0 Å². The molecule has 0 aromatic carbocycles. The highest BCUT2D eigenvalue weighted by Crippen LogP contribution is 2.20. The van der Waals surface area contributed by atoms with Crippen molar-refractivity contribution in [1.82, 2.24) is 10.2 Å². The van der Waals surface area contributed by atoms with E-state index in [0.717, 1.165) is 19.5 Å². The first-order valence-corrected chi connectivity index (χ1v) is 5.56. The fourth-order valence-corrected chi connectivity index (χ4v) is 2.21. The molecule has 3 heteroatoms. The molecule has 1 fully saturated rings. The van der Waals surface area contributed by atoms with Crippen molar-refractivity contribution in [3.63, 3.8) is 0 Å². The van der Waals surface area contributed by atoms with Crippen molar-refractivity contribution in [3.05, 3.63) is 0 Å². The Labute approximate surface area is 87.5 Å². The van der Waals surface area contributed by atoms with Crippen molar-refractivity contribution in [2.45, 2.75) is 51.7 Å². The molecule has 0 radical (unpaired) electrons. The van der Waals surface area contributed by atoms with Crippen molar-refractivity contribution < 1.29 is 5.11 Å². The van der Waals surface area contributed by atoms with Gasteiger partial charge in [-0.2, -0.15) is 0 Å². The number of nitrogens with zero attached hydrogens (tertiary/aromatic N) is 1. The molecule has 2 atom stereocenters. The second-order valence-corrected chi connectivity index (χ2v) is 5.29. The van der Waals surface area contributed by atoms with Crippen molar-refractivity contribution in [3.8, 4) is 0 Å². The Hall–Kier alpha value is -0.120. The van der Waals surface area contributed by atoms with Crippen LogP contribution >= 0.6 is 0 Å². The van der Waals surface area contributed by atoms with E-state index in [9.17, 15) is 0 Å². The van der Waals surface area contributed by atoms with Crippen LogP contribution in [0.5, 0.6) is 0 Å². The van der Waals surface area contributed by atoms with Gasteiger partial charge in [0.1, 0.15) is 0 Å². The summed E-state index contributed by atoms with van der Waals surface area (Å²) in [7, 11) is 0. The summed E-state index contributed by atoms with van der Waals surface area (Å²) in [5, 5.41) is 12.4. The zero-order chi connectivity index (χ0) is 10.8. The summed E-state index contributed by atoms with van der Waals surface area (Å²) in [6, 6.07) is 1.04. The molecule has 1 rings (SSSR count). The van der Waals surface area contributed by atoms with E-state index in [0.29, 0.717) is 12.1 Å². The molecule has 1 aliphatic rings. The highest BCUT2D eigenvalue weighted by Gasteiger charge is 2.31. The fourth-order valence-electron chi connectivity index (χ4n) is 2.21. The Morgan fingerprint density at radius 1 is 1.43 bits per heavy atom. The highest BCUT2D eigenvalue weighted by atomic mass is 16.3. The number of aliphatic hydroxyl groups excluding tert-OH is 1. The van der Waals surface area contributed by atoms with Gasteiger partial charge in [-0.25, -0.2) is 0 Å². The van der Waals surface area contributed by atoms with Crippen LogP contribution in [0.25, 0.3) is 0 Å². The zero-order valence-electron chi connectivity index (χ0n) is 9.88. The molecule has 0 bridgehead atoms. The molecule has 0 spiro atoms. The van der Waals surface area contributed by atoms with Gasteiger partial charge in [0.25, 0.3) is 0 Å². The summed E-state index contributed by atoms with van der Waals surface area (Å²) in [6.45, 7) is 11.4. The van der Waals surface area contributed by atoms with E-state index in [1.165, 1.54) is 0 Å². The first kappa shape index (κ1) is 12.0. The first-order chi connectivity index (χ1) is 6.45. The molecule has 14 heavy (non-hydrogen) atoms. The van der Waals surface area contributed by atoms with E-state index in [2.05, 4.69) is 37.9 Å². The number of nitrogens with one attached hydrogen (secondary N) is 1. The maximum atomic E-state index is 8.91. The Morgan fingerprint density at radius 3 is 2.57 bits per heavy atom. The number of hydrogen-bond donors (Lipinski definition) is 2. The largest absolute Gasteiger partial charge is 0.396 e. The molecule has 0 saturated carbocycles. The van der Waals surface area contributed by atoms with E-state index in [-0.39, 0.29) is 12.1 Å². The van der Waals surface area contributed by atoms with E-state index in [1.807, 2.05) is 0 Å². The lowest BCUT2D eigenvalue weighted by Gasteiger charge is -2.46. The van der Waals surface area contributed by atoms with Crippen LogP contribution in [0.1, 0.15) is 34.1 Å². The summed E-state index contributed by atoms with van der Waals surface area (Å²) < 4.78 is 0. The molecular weight excluding hydrogens is 176 g/mol. The molecule has 3 nitrogen and oxygen atoms in total. The highest BCUT2D eigenvalue weighted by molar-refractivity contribution is 4.90. The van der Waals surface area contributed by atoms with E-state index >= 15 is 0 Å². The summed E-state index contributed by atoms with van der Waals surface area (Å²) in [6.07, 6.45) is 0.860. The average molecular weight is 200 g/mol. The van der Waals surface area contributed by atoms with Gasteiger partial charge in [0.15, 0.2) is 0 Å². The lowest BCUT2D eigenvalue weighted by atomic mass is 9.98. The van der Waals surface area contributed by atoms with E-state index < -0.39 is 0 Å². The van der Waals surface area contributed by atoms with Crippen LogP contribution in [0, 0.1) is 0 Å². The maximum absolute atomic E-state index is 8.91. The van der Waals surface area contributed by atoms with Gasteiger partial charge in [-0.05, 0) is 34.1 Å². The van der Waals surface area contributed by atoms with Gasteiger partial charge in [0.2, 0.25) is 0 Å². The van der Waals surface area contributed by atoms with Crippen LogP contribution in [-0.4, -0.2) is 47.3 Å². The van der Waals surface area contributed by atoms with Crippen LogP contribution in [0.15, 0.2) is 0 Å². The minimum atomic E-state index is 0.231. The van der Waals surface area contributed by atoms with Gasteiger partial charge < -0.3 is 10.4 Å². The molecule has 84 valence electrons. The number of hydrogen-bond acceptors (Lipinski definition) is 3. The molecule has 1 aliphatic heterocycles. The van der Waals surface area contributed by atoms with Crippen LogP contribution in [0.3, 0.4) is 0 Å². The lowest BCUT2D eigenvalue weighted by molar-refractivity contribution is 0.0443. The summed E-state index contributed by atoms with van der Waals surface area (Å²) >= 11 is 0. The van der Waals surface area contributed by atoms with Crippen LogP contribution < -0.4 is 5.32 Å². The Bertz CT molecular complexity index is 177. The topological polar surface area (TPSA) is 35.5 Å². The minimum Gasteiger partial charge on any atom is -0.396 e. The third-order valence-corrected chi connectivity index (χ3v) is 2.99. The van der Waals surface area contributed by atoms with Gasteiger partial charge in [-0.1, -0.05) is 0 Å². The molecule has 2 N–H and O–H groups in total. The first-order valence-electron chi connectivity index (χ1n) is 5.56. The molecule has 1 saturated heterocycles. The van der Waals surface area contributed by atoms with Crippen molar-refractivity contribution in [2.24, 2.45) is 0 Å². The summed E-state index contributed by atoms with van der Waals surface area (Å²) in [5.74, 6) is 0. The third kappa shape index (κ3) is 2.94. The third-order valence-electron chi connectivity index (χ3n) is 2.99. The predicted molar refractivity (Wildman–Crippen MR) is 59.4 cm³/mol. The van der Waals surface area contributed by atoms with Gasteiger partial charge >= 0.3 is 0 Å². The van der Waals surface area contributed by atoms with Crippen LogP contribution in [0.2, 0.25) is 0 Å². The monoisotopic (exact) mass is 200 g/mol. The maximum Gasteiger partial charge on any atom is 0.0446 e. The minimum absolute atomic E-state index is 0.231. The molecule has 0 aliphatic carbocycles. The number of aliphatic hydroxyl groups is 1. The van der Waals surface area contributed by atoms with E-state index in [1.54, 1.807) is 0 Å².